The lowest BCUT2D eigenvalue weighted by Gasteiger charge is -2.13. The van der Waals surface area contributed by atoms with Gasteiger partial charge in [-0.15, -0.1) is 0 Å². The van der Waals surface area contributed by atoms with Gasteiger partial charge in [-0.1, -0.05) is 12.1 Å². The zero-order chi connectivity index (χ0) is 18.3. The van der Waals surface area contributed by atoms with Gasteiger partial charge in [0.05, 0.1) is 17.6 Å². The Kier molecular flexibility index (Phi) is 4.20. The predicted molar refractivity (Wildman–Crippen MR) is 101 cm³/mol. The molecule has 0 unspecified atom stereocenters. The Bertz CT molecular complexity index is 1080. The molecule has 0 bridgehead atoms. The van der Waals surface area contributed by atoms with Gasteiger partial charge in [0, 0.05) is 10.4 Å². The number of aromatic amines is 1. The van der Waals surface area contributed by atoms with Crippen molar-refractivity contribution in [3.8, 4) is 0 Å². The van der Waals surface area contributed by atoms with Crippen LogP contribution in [0.15, 0.2) is 56.9 Å². The van der Waals surface area contributed by atoms with Crippen LogP contribution in [0.1, 0.15) is 25.3 Å². The van der Waals surface area contributed by atoms with Crippen molar-refractivity contribution in [1.29, 1.82) is 0 Å². The van der Waals surface area contributed by atoms with Gasteiger partial charge < -0.3 is 4.98 Å². The Labute approximate surface area is 153 Å². The molecule has 1 heterocycles. The van der Waals surface area contributed by atoms with E-state index in [0.29, 0.717) is 11.0 Å². The van der Waals surface area contributed by atoms with Crippen LogP contribution < -0.4 is 15.8 Å². The molecule has 0 radical (unpaired) electrons. The minimum absolute atomic E-state index is 0.189. The summed E-state index contributed by atoms with van der Waals surface area (Å²) in [5, 5.41) is 0. The van der Waals surface area contributed by atoms with Crippen LogP contribution in [0, 0.1) is 5.82 Å². The third-order valence-electron chi connectivity index (χ3n) is 4.62. The lowest BCUT2D eigenvalue weighted by molar-refractivity contribution is 0.626. The maximum atomic E-state index is 13.1. The molecule has 26 heavy (non-hydrogen) atoms. The van der Waals surface area contributed by atoms with E-state index in [1.165, 1.54) is 28.6 Å². The van der Waals surface area contributed by atoms with Gasteiger partial charge in [-0.25, -0.2) is 4.39 Å². The van der Waals surface area contributed by atoms with Gasteiger partial charge in [-0.3, -0.25) is 18.9 Å². The molecule has 0 aliphatic heterocycles. The van der Waals surface area contributed by atoms with Crippen LogP contribution in [0.3, 0.4) is 0 Å². The molecule has 1 aromatic heterocycles. The molecule has 1 aliphatic rings. The second-order valence-corrected chi connectivity index (χ2v) is 7.80. The first-order valence-electron chi connectivity index (χ1n) is 8.39. The fraction of sp³-hybridized carbons (Fsp3) is 0.263. The average Bonchev–Trinajstić information content (AvgIpc) is 3.36. The largest absolute Gasteiger partial charge is 0.317 e. The van der Waals surface area contributed by atoms with E-state index in [-0.39, 0.29) is 17.9 Å². The maximum Gasteiger partial charge on any atom is 0.317 e. The monoisotopic (exact) mass is 371 g/mol. The number of benzene rings is 2. The first-order chi connectivity index (χ1) is 12.4. The molecule has 7 heteroatoms. The van der Waals surface area contributed by atoms with Crippen molar-refractivity contribution in [2.45, 2.75) is 36.7 Å². The number of aromatic nitrogens is 2. The molecule has 0 spiro atoms. The summed E-state index contributed by atoms with van der Waals surface area (Å²) in [7, 11) is 0. The number of nitrogens with zero attached hydrogens (tertiary/aromatic N) is 1. The molecule has 2 N–H and O–H groups in total. The van der Waals surface area contributed by atoms with Crippen molar-refractivity contribution in [2.24, 2.45) is 0 Å². The number of H-pyrrole nitrogens is 1. The SMILES string of the molecule is CC1(NSc2ccc3c(c2)[nH]c(=O)c(=O)n3Cc2ccc(F)cc2)CC1. The zero-order valence-corrected chi connectivity index (χ0v) is 15.0. The van der Waals surface area contributed by atoms with Gasteiger partial charge >= 0.3 is 11.1 Å². The van der Waals surface area contributed by atoms with Crippen molar-refractivity contribution < 1.29 is 4.39 Å². The van der Waals surface area contributed by atoms with E-state index in [2.05, 4.69) is 16.6 Å². The summed E-state index contributed by atoms with van der Waals surface area (Å²) in [5.41, 5.74) is 0.899. The first kappa shape index (κ1) is 17.1. The number of nitrogens with one attached hydrogen (secondary N) is 2. The van der Waals surface area contributed by atoms with Crippen LogP contribution in [-0.4, -0.2) is 15.1 Å². The maximum absolute atomic E-state index is 13.1. The van der Waals surface area contributed by atoms with Gasteiger partial charge in [0.1, 0.15) is 5.82 Å². The molecule has 0 amide bonds. The summed E-state index contributed by atoms with van der Waals surface area (Å²) >= 11 is 1.53. The van der Waals surface area contributed by atoms with Gasteiger partial charge in [-0.05, 0) is 67.6 Å². The summed E-state index contributed by atoms with van der Waals surface area (Å²) in [6, 6.07) is 11.5. The fourth-order valence-electron chi connectivity index (χ4n) is 2.72. The minimum Gasteiger partial charge on any atom is -0.316 e. The average molecular weight is 371 g/mol. The van der Waals surface area contributed by atoms with Crippen LogP contribution in [0.5, 0.6) is 0 Å². The molecular formula is C19H18FN3O2S. The van der Waals surface area contributed by atoms with Crippen LogP contribution in [0.2, 0.25) is 0 Å². The first-order valence-corrected chi connectivity index (χ1v) is 9.21. The van der Waals surface area contributed by atoms with Crippen molar-refractivity contribution in [3.05, 3.63) is 74.6 Å². The molecule has 0 saturated heterocycles. The van der Waals surface area contributed by atoms with E-state index in [9.17, 15) is 14.0 Å². The quantitative estimate of drug-likeness (QED) is 0.534. The van der Waals surface area contributed by atoms with Crippen LogP contribution in [0.25, 0.3) is 11.0 Å². The third-order valence-corrected chi connectivity index (χ3v) is 5.70. The van der Waals surface area contributed by atoms with Crippen LogP contribution >= 0.6 is 11.9 Å². The summed E-state index contributed by atoms with van der Waals surface area (Å²) in [6.45, 7) is 2.38. The number of fused-ring (bicyclic) bond motifs is 1. The molecule has 3 aromatic rings. The van der Waals surface area contributed by atoms with E-state index in [4.69, 9.17) is 0 Å². The van der Waals surface area contributed by atoms with E-state index in [1.807, 2.05) is 18.2 Å². The van der Waals surface area contributed by atoms with Gasteiger partial charge in [0.2, 0.25) is 0 Å². The van der Waals surface area contributed by atoms with E-state index in [0.717, 1.165) is 23.3 Å². The van der Waals surface area contributed by atoms with Crippen molar-refractivity contribution in [1.82, 2.24) is 14.3 Å². The van der Waals surface area contributed by atoms with Crippen molar-refractivity contribution in [3.63, 3.8) is 0 Å². The second kappa shape index (κ2) is 6.41. The molecule has 1 fully saturated rings. The predicted octanol–water partition coefficient (Wildman–Crippen LogP) is 3.03. The van der Waals surface area contributed by atoms with E-state index in [1.54, 1.807) is 12.1 Å². The highest BCUT2D eigenvalue weighted by molar-refractivity contribution is 7.97. The third kappa shape index (κ3) is 3.45. The summed E-state index contributed by atoms with van der Waals surface area (Å²) in [4.78, 5) is 28.0. The Morgan fingerprint density at radius 2 is 1.92 bits per heavy atom. The Morgan fingerprint density at radius 1 is 1.19 bits per heavy atom. The second-order valence-electron chi connectivity index (χ2n) is 6.92. The lowest BCUT2D eigenvalue weighted by atomic mass is 10.2. The van der Waals surface area contributed by atoms with E-state index >= 15 is 0 Å². The Morgan fingerprint density at radius 3 is 2.62 bits per heavy atom. The molecule has 1 saturated carbocycles. The Hall–Kier alpha value is -2.38. The number of rotatable bonds is 5. The summed E-state index contributed by atoms with van der Waals surface area (Å²) < 4.78 is 17.9. The topological polar surface area (TPSA) is 66.9 Å². The number of halogens is 1. The minimum atomic E-state index is -0.663. The highest BCUT2D eigenvalue weighted by Crippen LogP contribution is 2.37. The van der Waals surface area contributed by atoms with Gasteiger partial charge in [0.25, 0.3) is 0 Å². The highest BCUT2D eigenvalue weighted by Gasteiger charge is 2.37. The molecule has 134 valence electrons. The number of hydrogen-bond acceptors (Lipinski definition) is 4. The van der Waals surface area contributed by atoms with E-state index < -0.39 is 11.1 Å². The fourth-order valence-corrected chi connectivity index (χ4v) is 3.60. The molecule has 4 rings (SSSR count). The Balaban J connectivity index is 1.71. The van der Waals surface area contributed by atoms with Crippen molar-refractivity contribution >= 4 is 23.0 Å². The van der Waals surface area contributed by atoms with Crippen LogP contribution in [0.4, 0.5) is 4.39 Å². The molecule has 0 atom stereocenters. The smallest absolute Gasteiger partial charge is 0.316 e. The number of hydrogen-bond donors (Lipinski definition) is 2. The molecule has 1 aliphatic carbocycles. The van der Waals surface area contributed by atoms with Gasteiger partial charge in [-0.2, -0.15) is 0 Å². The van der Waals surface area contributed by atoms with Gasteiger partial charge in [0.15, 0.2) is 0 Å². The zero-order valence-electron chi connectivity index (χ0n) is 14.2. The highest BCUT2D eigenvalue weighted by atomic mass is 32.2. The normalized spacial score (nSPS) is 15.3. The lowest BCUT2D eigenvalue weighted by Crippen LogP contribution is -2.36. The molecule has 5 nitrogen and oxygen atoms in total. The standard InChI is InChI=1S/C19H18FN3O2S/c1-19(8-9-19)22-26-14-6-7-16-15(10-14)21-17(24)18(25)23(16)11-12-2-4-13(20)5-3-12/h2-7,10,22H,8-9,11H2,1H3,(H,21,24). The molecular weight excluding hydrogens is 353 g/mol. The van der Waals surface area contributed by atoms with Crippen LogP contribution in [-0.2, 0) is 6.54 Å². The summed E-state index contributed by atoms with van der Waals surface area (Å²) in [6.07, 6.45) is 2.31. The molecule has 2 aromatic carbocycles. The van der Waals surface area contributed by atoms with Crippen molar-refractivity contribution in [2.75, 3.05) is 0 Å². The summed E-state index contributed by atoms with van der Waals surface area (Å²) in [5.74, 6) is -0.338.